The van der Waals surface area contributed by atoms with Crippen molar-refractivity contribution in [1.29, 1.82) is 0 Å². The van der Waals surface area contributed by atoms with Gasteiger partial charge in [0, 0.05) is 28.8 Å². The van der Waals surface area contributed by atoms with Crippen molar-refractivity contribution in [3.05, 3.63) is 71.4 Å². The third-order valence-electron chi connectivity index (χ3n) is 3.95. The maximum atomic E-state index is 13.1. The molecule has 5 nitrogen and oxygen atoms in total. The van der Waals surface area contributed by atoms with Gasteiger partial charge in [0.25, 0.3) is 0 Å². The third-order valence-corrected chi connectivity index (χ3v) is 5.05. The number of carbonyl (C=O) groups excluding carboxylic acids is 2. The Kier molecular flexibility index (Phi) is 6.41. The van der Waals surface area contributed by atoms with Crippen LogP contribution in [0.2, 0.25) is 0 Å². The molecule has 3 rings (SSSR count). The normalized spacial score (nSPS) is 10.7. The number of ether oxygens (including phenoxy) is 1. The number of rotatable bonds is 6. The molecule has 2 aromatic carbocycles. The first-order valence-electron chi connectivity index (χ1n) is 8.75. The summed E-state index contributed by atoms with van der Waals surface area (Å²) < 4.78 is 18.2. The Labute approximate surface area is 171 Å². The van der Waals surface area contributed by atoms with E-state index in [4.69, 9.17) is 4.74 Å². The van der Waals surface area contributed by atoms with E-state index >= 15 is 0 Å². The zero-order valence-electron chi connectivity index (χ0n) is 15.9. The molecule has 2 amide bonds. The van der Waals surface area contributed by atoms with Gasteiger partial charge in [-0.3, -0.25) is 9.59 Å². The molecule has 148 valence electrons. The molecule has 1 aromatic heterocycles. The molecule has 3 aromatic rings. The maximum Gasteiger partial charge on any atom is 0.248 e. The van der Waals surface area contributed by atoms with Crippen LogP contribution in [0.5, 0.6) is 5.75 Å². The summed E-state index contributed by atoms with van der Waals surface area (Å²) in [6.45, 7) is 1.39. The number of anilines is 2. The first-order chi connectivity index (χ1) is 13.9. The smallest absolute Gasteiger partial charge is 0.248 e. The second kappa shape index (κ2) is 9.16. The molecular weight excluding hydrogens is 391 g/mol. The SMILES string of the molecule is COc1ccc(NC(C)=O)c(NC(=O)C=Cc2ccc(-c3ccc(F)cc3)s2)c1. The van der Waals surface area contributed by atoms with Gasteiger partial charge in [-0.25, -0.2) is 4.39 Å². The van der Waals surface area contributed by atoms with Crippen LogP contribution < -0.4 is 15.4 Å². The molecule has 0 aliphatic rings. The highest BCUT2D eigenvalue weighted by Gasteiger charge is 2.09. The molecule has 0 fully saturated rings. The number of thiophene rings is 1. The van der Waals surface area contributed by atoms with Crippen LogP contribution in [-0.4, -0.2) is 18.9 Å². The summed E-state index contributed by atoms with van der Waals surface area (Å²) in [7, 11) is 1.52. The Balaban J connectivity index is 1.72. The van der Waals surface area contributed by atoms with Crippen LogP contribution in [0.1, 0.15) is 11.8 Å². The van der Waals surface area contributed by atoms with Gasteiger partial charge in [0.05, 0.1) is 18.5 Å². The van der Waals surface area contributed by atoms with Crippen molar-refractivity contribution in [3.8, 4) is 16.2 Å². The first kappa shape index (κ1) is 20.3. The lowest BCUT2D eigenvalue weighted by Crippen LogP contribution is -2.13. The van der Waals surface area contributed by atoms with Crippen LogP contribution in [-0.2, 0) is 9.59 Å². The second-order valence-electron chi connectivity index (χ2n) is 6.12. The molecule has 2 N–H and O–H groups in total. The van der Waals surface area contributed by atoms with Crippen LogP contribution in [0.25, 0.3) is 16.5 Å². The van der Waals surface area contributed by atoms with E-state index in [2.05, 4.69) is 10.6 Å². The molecular formula is C22H19FN2O3S. The number of nitrogens with one attached hydrogen (secondary N) is 2. The second-order valence-corrected chi connectivity index (χ2v) is 7.24. The number of halogens is 1. The molecule has 29 heavy (non-hydrogen) atoms. The standard InChI is InChI=1S/C22H19FN2O3S/c1-14(26)24-19-10-7-17(28-2)13-20(19)25-22(27)12-9-18-8-11-21(29-18)15-3-5-16(23)6-4-15/h3-13H,1-2H3,(H,24,26)(H,25,27). The predicted octanol–water partition coefficient (Wildman–Crippen LogP) is 5.17. The van der Waals surface area contributed by atoms with Crippen LogP contribution in [0.15, 0.2) is 60.7 Å². The third kappa shape index (κ3) is 5.52. The number of amides is 2. The van der Waals surface area contributed by atoms with Crippen molar-refractivity contribution in [1.82, 2.24) is 0 Å². The number of benzene rings is 2. The van der Waals surface area contributed by atoms with Crippen LogP contribution in [0, 0.1) is 5.82 Å². The Hall–Kier alpha value is -3.45. The molecule has 0 radical (unpaired) electrons. The summed E-state index contributed by atoms with van der Waals surface area (Å²) in [6, 6.07) is 15.1. The van der Waals surface area contributed by atoms with E-state index in [0.717, 1.165) is 15.3 Å². The van der Waals surface area contributed by atoms with Crippen molar-refractivity contribution in [2.75, 3.05) is 17.7 Å². The molecule has 0 saturated heterocycles. The van der Waals surface area contributed by atoms with Gasteiger partial charge in [-0.15, -0.1) is 11.3 Å². The number of methoxy groups -OCH3 is 1. The minimum atomic E-state index is -0.346. The summed E-state index contributed by atoms with van der Waals surface area (Å²) >= 11 is 1.49. The molecule has 0 spiro atoms. The monoisotopic (exact) mass is 410 g/mol. The van der Waals surface area contributed by atoms with Gasteiger partial charge in [0.1, 0.15) is 11.6 Å². The molecule has 0 unspecified atom stereocenters. The van der Waals surface area contributed by atoms with Crippen molar-refractivity contribution < 1.29 is 18.7 Å². The van der Waals surface area contributed by atoms with Gasteiger partial charge >= 0.3 is 0 Å². The van der Waals surface area contributed by atoms with E-state index in [1.54, 1.807) is 36.4 Å². The maximum absolute atomic E-state index is 13.1. The minimum Gasteiger partial charge on any atom is -0.497 e. The van der Waals surface area contributed by atoms with Gasteiger partial charge < -0.3 is 15.4 Å². The summed E-state index contributed by atoms with van der Waals surface area (Å²) in [4.78, 5) is 25.6. The molecule has 0 atom stereocenters. The van der Waals surface area contributed by atoms with Gasteiger partial charge in [-0.1, -0.05) is 12.1 Å². The van der Waals surface area contributed by atoms with Crippen molar-refractivity contribution in [3.63, 3.8) is 0 Å². The lowest BCUT2D eigenvalue weighted by atomic mass is 10.2. The largest absolute Gasteiger partial charge is 0.497 e. The lowest BCUT2D eigenvalue weighted by molar-refractivity contribution is -0.114. The van der Waals surface area contributed by atoms with Crippen LogP contribution in [0.3, 0.4) is 0 Å². The van der Waals surface area contributed by atoms with Gasteiger partial charge in [0.2, 0.25) is 11.8 Å². The first-order valence-corrected chi connectivity index (χ1v) is 9.57. The van der Waals surface area contributed by atoms with E-state index in [-0.39, 0.29) is 17.6 Å². The summed E-state index contributed by atoms with van der Waals surface area (Å²) in [5, 5.41) is 5.42. The lowest BCUT2D eigenvalue weighted by Gasteiger charge is -2.12. The Morgan fingerprint density at radius 3 is 2.45 bits per heavy atom. The highest BCUT2D eigenvalue weighted by atomic mass is 32.1. The van der Waals surface area contributed by atoms with Gasteiger partial charge in [-0.2, -0.15) is 0 Å². The van der Waals surface area contributed by atoms with E-state index in [9.17, 15) is 14.0 Å². The van der Waals surface area contributed by atoms with Crippen molar-refractivity contribution >= 4 is 40.6 Å². The fourth-order valence-electron chi connectivity index (χ4n) is 2.60. The Bertz CT molecular complexity index is 1060. The zero-order chi connectivity index (χ0) is 20.8. The number of hydrogen-bond acceptors (Lipinski definition) is 4. The summed E-state index contributed by atoms with van der Waals surface area (Å²) in [5.74, 6) is -0.312. The Morgan fingerprint density at radius 1 is 1.00 bits per heavy atom. The zero-order valence-corrected chi connectivity index (χ0v) is 16.7. The minimum absolute atomic E-state index is 0.242. The summed E-state index contributed by atoms with van der Waals surface area (Å²) in [6.07, 6.45) is 3.11. The van der Waals surface area contributed by atoms with E-state index < -0.39 is 0 Å². The van der Waals surface area contributed by atoms with Gasteiger partial charge in [0.15, 0.2) is 0 Å². The topological polar surface area (TPSA) is 67.4 Å². The quantitative estimate of drug-likeness (QED) is 0.551. The van der Waals surface area contributed by atoms with Crippen molar-refractivity contribution in [2.24, 2.45) is 0 Å². The molecule has 7 heteroatoms. The number of hydrogen-bond donors (Lipinski definition) is 2. The fraction of sp³-hybridized carbons (Fsp3) is 0.0909. The average Bonchev–Trinajstić information content (AvgIpc) is 3.17. The Morgan fingerprint density at radius 2 is 1.76 bits per heavy atom. The molecule has 0 saturated carbocycles. The van der Waals surface area contributed by atoms with Crippen molar-refractivity contribution in [2.45, 2.75) is 6.92 Å². The molecule has 0 aliphatic heterocycles. The number of carbonyl (C=O) groups is 2. The van der Waals surface area contributed by atoms with E-state index in [1.807, 2.05) is 12.1 Å². The van der Waals surface area contributed by atoms with Crippen LogP contribution in [0.4, 0.5) is 15.8 Å². The van der Waals surface area contributed by atoms with E-state index in [0.29, 0.717) is 17.1 Å². The highest BCUT2D eigenvalue weighted by molar-refractivity contribution is 7.16. The van der Waals surface area contributed by atoms with E-state index in [1.165, 1.54) is 43.6 Å². The molecule has 1 heterocycles. The highest BCUT2D eigenvalue weighted by Crippen LogP contribution is 2.29. The summed E-state index contributed by atoms with van der Waals surface area (Å²) in [5.41, 5.74) is 1.83. The fourth-order valence-corrected chi connectivity index (χ4v) is 3.51. The predicted molar refractivity (Wildman–Crippen MR) is 115 cm³/mol. The van der Waals surface area contributed by atoms with Crippen LogP contribution >= 0.6 is 11.3 Å². The molecule has 0 bridgehead atoms. The van der Waals surface area contributed by atoms with Gasteiger partial charge in [-0.05, 0) is 48.0 Å². The average molecular weight is 410 g/mol. The molecule has 0 aliphatic carbocycles.